The number of nitrogens with zero attached hydrogens (tertiary/aromatic N) is 5. The van der Waals surface area contributed by atoms with Crippen LogP contribution in [0.1, 0.15) is 52.0 Å². The van der Waals surface area contributed by atoms with Gasteiger partial charge in [0.2, 0.25) is 5.89 Å². The second-order valence-electron chi connectivity index (χ2n) is 7.77. The maximum atomic E-state index is 15.2. The van der Waals surface area contributed by atoms with E-state index in [1.165, 1.54) is 4.90 Å². The Morgan fingerprint density at radius 2 is 2.19 bits per heavy atom. The van der Waals surface area contributed by atoms with Crippen molar-refractivity contribution < 1.29 is 13.7 Å². The predicted molar refractivity (Wildman–Crippen MR) is 114 cm³/mol. The summed E-state index contributed by atoms with van der Waals surface area (Å²) in [6.07, 6.45) is 2.09. The molecule has 0 saturated heterocycles. The number of aromatic nitrogens is 3. The Balaban J connectivity index is 1.42. The number of aryl methyl sites for hydroxylation is 1. The highest BCUT2D eigenvalue weighted by atomic mass is 35.5. The summed E-state index contributed by atoms with van der Waals surface area (Å²) in [6, 6.07) is 8.57. The van der Waals surface area contributed by atoms with Crippen molar-refractivity contribution in [2.24, 2.45) is 4.99 Å². The Labute approximate surface area is 184 Å². The predicted octanol–water partition coefficient (Wildman–Crippen LogP) is 4.77. The van der Waals surface area contributed by atoms with Gasteiger partial charge in [-0.25, -0.2) is 14.4 Å². The van der Waals surface area contributed by atoms with Crippen LogP contribution in [0, 0.1) is 6.92 Å². The van der Waals surface area contributed by atoms with E-state index in [9.17, 15) is 4.79 Å². The van der Waals surface area contributed by atoms with Gasteiger partial charge >= 0.3 is 0 Å². The molecule has 1 aliphatic rings. The third kappa shape index (κ3) is 4.07. The van der Waals surface area contributed by atoms with Gasteiger partial charge in [0.15, 0.2) is 11.6 Å². The molecule has 1 aliphatic carbocycles. The van der Waals surface area contributed by atoms with Gasteiger partial charge in [0, 0.05) is 24.2 Å². The molecule has 1 fully saturated rings. The van der Waals surface area contributed by atoms with E-state index in [-0.39, 0.29) is 42.9 Å². The summed E-state index contributed by atoms with van der Waals surface area (Å²) in [7, 11) is 1.63. The number of aliphatic imine (C=N–C) groups is 1. The normalized spacial score (nSPS) is 20.2. The van der Waals surface area contributed by atoms with Crippen molar-refractivity contribution in [2.75, 3.05) is 7.05 Å². The quantitative estimate of drug-likeness (QED) is 0.514. The molecule has 31 heavy (non-hydrogen) atoms. The summed E-state index contributed by atoms with van der Waals surface area (Å²) in [5, 5.41) is 4.50. The van der Waals surface area contributed by atoms with E-state index < -0.39 is 5.67 Å². The van der Waals surface area contributed by atoms with Crippen LogP contribution in [0.2, 0.25) is 5.02 Å². The fourth-order valence-corrected chi connectivity index (χ4v) is 3.99. The molecular weight excluding hydrogens is 421 g/mol. The van der Waals surface area contributed by atoms with Crippen molar-refractivity contribution in [3.05, 3.63) is 70.0 Å². The topological polar surface area (TPSA) is 84.5 Å². The minimum Gasteiger partial charge on any atom is -0.337 e. The van der Waals surface area contributed by atoms with Crippen molar-refractivity contribution in [1.29, 1.82) is 0 Å². The van der Waals surface area contributed by atoms with Crippen LogP contribution in [0.15, 0.2) is 46.0 Å². The number of carbonyl (C=O) groups excluding carboxylic acids is 1. The standard InChI is InChI=1S/C22H21ClFN5O2/c1-13-7-8-26-20(25-2)18(13)21(30)29(3)12-17-27-19(28-31-17)14-10-22(24,11-14)15-5-4-6-16(23)9-15/h4-9,14H,2,10-12H2,1,3H3. The number of carbonyl (C=O) groups is 1. The van der Waals surface area contributed by atoms with Gasteiger partial charge in [-0.1, -0.05) is 28.9 Å². The van der Waals surface area contributed by atoms with E-state index >= 15 is 4.39 Å². The SMILES string of the molecule is C=Nc1nccc(C)c1C(=O)N(C)Cc1nc(C2CC(F)(c3cccc(Cl)c3)C2)no1. The van der Waals surface area contributed by atoms with E-state index in [2.05, 4.69) is 26.8 Å². The first kappa shape index (κ1) is 21.1. The molecule has 1 aromatic carbocycles. The fraction of sp³-hybridized carbons (Fsp3) is 0.318. The van der Waals surface area contributed by atoms with Crippen LogP contribution >= 0.6 is 11.6 Å². The first-order valence-corrected chi connectivity index (χ1v) is 10.1. The van der Waals surface area contributed by atoms with Crippen molar-refractivity contribution in [3.63, 3.8) is 0 Å². The van der Waals surface area contributed by atoms with Gasteiger partial charge in [0.05, 0.1) is 12.1 Å². The molecule has 7 nitrogen and oxygen atoms in total. The fourth-order valence-electron chi connectivity index (χ4n) is 3.80. The van der Waals surface area contributed by atoms with Gasteiger partial charge in [-0.05, 0) is 55.8 Å². The monoisotopic (exact) mass is 441 g/mol. The zero-order valence-electron chi connectivity index (χ0n) is 17.2. The van der Waals surface area contributed by atoms with Crippen LogP contribution in [-0.4, -0.2) is 39.7 Å². The molecule has 3 aromatic rings. The van der Waals surface area contributed by atoms with Crippen LogP contribution in [0.25, 0.3) is 0 Å². The van der Waals surface area contributed by atoms with Gasteiger partial charge in [-0.15, -0.1) is 0 Å². The molecule has 1 amide bonds. The number of rotatable bonds is 6. The van der Waals surface area contributed by atoms with Crippen molar-refractivity contribution in [3.8, 4) is 0 Å². The van der Waals surface area contributed by atoms with Crippen LogP contribution in [-0.2, 0) is 12.2 Å². The lowest BCUT2D eigenvalue weighted by atomic mass is 9.68. The maximum Gasteiger partial charge on any atom is 0.258 e. The van der Waals surface area contributed by atoms with Gasteiger partial charge < -0.3 is 9.42 Å². The molecule has 1 saturated carbocycles. The molecule has 4 rings (SSSR count). The van der Waals surface area contributed by atoms with E-state index in [1.807, 2.05) is 6.92 Å². The minimum atomic E-state index is -1.45. The summed E-state index contributed by atoms with van der Waals surface area (Å²) in [5.74, 6) is 0.564. The van der Waals surface area contributed by atoms with E-state index in [0.29, 0.717) is 22.0 Å². The number of hydrogen-bond acceptors (Lipinski definition) is 6. The average molecular weight is 442 g/mol. The molecule has 2 heterocycles. The second-order valence-corrected chi connectivity index (χ2v) is 8.21. The zero-order valence-corrected chi connectivity index (χ0v) is 17.9. The Kier molecular flexibility index (Phi) is 5.58. The van der Waals surface area contributed by atoms with E-state index in [4.69, 9.17) is 16.1 Å². The lowest BCUT2D eigenvalue weighted by Gasteiger charge is -2.40. The molecule has 0 bridgehead atoms. The second kappa shape index (κ2) is 8.19. The number of pyridine rings is 1. The molecule has 0 radical (unpaired) electrons. The number of halogens is 2. The van der Waals surface area contributed by atoms with Crippen molar-refractivity contribution in [2.45, 2.75) is 37.9 Å². The van der Waals surface area contributed by atoms with E-state index in [0.717, 1.165) is 5.56 Å². The Hall–Kier alpha value is -3.13. The molecular formula is C22H21ClFN5O2. The smallest absolute Gasteiger partial charge is 0.258 e. The number of alkyl halides is 1. The molecule has 0 unspecified atom stereocenters. The Morgan fingerprint density at radius 3 is 2.90 bits per heavy atom. The average Bonchev–Trinajstić information content (AvgIpc) is 3.18. The highest BCUT2D eigenvalue weighted by Gasteiger charge is 2.48. The first-order valence-electron chi connectivity index (χ1n) is 9.76. The Morgan fingerprint density at radius 1 is 1.42 bits per heavy atom. The van der Waals surface area contributed by atoms with Gasteiger partial charge in [0.1, 0.15) is 5.67 Å². The highest BCUT2D eigenvalue weighted by Crippen LogP contribution is 2.53. The molecule has 160 valence electrons. The first-order chi connectivity index (χ1) is 14.8. The van der Waals surface area contributed by atoms with Gasteiger partial charge in [-0.2, -0.15) is 4.98 Å². The summed E-state index contributed by atoms with van der Waals surface area (Å²) in [5.41, 5.74) is 0.233. The number of hydrogen-bond donors (Lipinski definition) is 0. The van der Waals surface area contributed by atoms with Crippen molar-refractivity contribution in [1.82, 2.24) is 20.0 Å². The molecule has 9 heteroatoms. The largest absolute Gasteiger partial charge is 0.337 e. The molecule has 0 aliphatic heterocycles. The van der Waals surface area contributed by atoms with Crippen LogP contribution in [0.4, 0.5) is 10.2 Å². The van der Waals surface area contributed by atoms with Crippen LogP contribution in [0.3, 0.4) is 0 Å². The van der Waals surface area contributed by atoms with E-state index in [1.54, 1.807) is 43.6 Å². The summed E-state index contributed by atoms with van der Waals surface area (Å²) in [4.78, 5) is 26.6. The third-order valence-corrected chi connectivity index (χ3v) is 5.79. The molecule has 0 atom stereocenters. The van der Waals surface area contributed by atoms with Gasteiger partial charge in [0.25, 0.3) is 5.91 Å². The highest BCUT2D eigenvalue weighted by molar-refractivity contribution is 6.30. The molecule has 2 aromatic heterocycles. The molecule has 0 spiro atoms. The number of amides is 1. The molecule has 0 N–H and O–H groups in total. The Bertz CT molecular complexity index is 1140. The zero-order chi connectivity index (χ0) is 22.2. The lowest BCUT2D eigenvalue weighted by Crippen LogP contribution is -2.36. The van der Waals surface area contributed by atoms with Gasteiger partial charge in [-0.3, -0.25) is 4.79 Å². The summed E-state index contributed by atoms with van der Waals surface area (Å²) in [6.45, 7) is 5.39. The van der Waals surface area contributed by atoms with Crippen molar-refractivity contribution >= 4 is 30.0 Å². The minimum absolute atomic E-state index is 0.110. The summed E-state index contributed by atoms with van der Waals surface area (Å²) < 4.78 is 20.5. The van der Waals surface area contributed by atoms with Crippen LogP contribution in [0.5, 0.6) is 0 Å². The lowest BCUT2D eigenvalue weighted by molar-refractivity contribution is 0.0336. The van der Waals surface area contributed by atoms with Crippen LogP contribution < -0.4 is 0 Å². The number of benzene rings is 1. The summed E-state index contributed by atoms with van der Waals surface area (Å²) >= 11 is 5.98. The third-order valence-electron chi connectivity index (χ3n) is 5.55. The maximum absolute atomic E-state index is 15.2.